The molecule has 1 N–H and O–H groups in total. The SMILES string of the molecule is O=C(O)c1ccc(COc2c(Br)cc(C=Nn3c(-c4cccc(C(F)(F)F)c4)nc4ccccc4c3=O)cc2[N+](=O)[O-])cc1. The maximum atomic E-state index is 13.4. The van der Waals surface area contributed by atoms with Gasteiger partial charge in [-0.05, 0) is 64.0 Å². The number of carboxylic acid groups (broad SMARTS) is 1. The van der Waals surface area contributed by atoms with Crippen molar-refractivity contribution in [1.29, 1.82) is 0 Å². The Labute approximate surface area is 254 Å². The van der Waals surface area contributed by atoms with Crippen LogP contribution in [-0.4, -0.2) is 31.9 Å². The predicted octanol–water partition coefficient (Wildman–Crippen LogP) is 6.91. The van der Waals surface area contributed by atoms with E-state index in [-0.39, 0.29) is 50.2 Å². The molecule has 10 nitrogen and oxygen atoms in total. The molecule has 0 unspecified atom stereocenters. The number of halogens is 4. The molecule has 0 saturated heterocycles. The number of carbonyl (C=O) groups is 1. The van der Waals surface area contributed by atoms with E-state index in [0.717, 1.165) is 29.1 Å². The zero-order chi connectivity index (χ0) is 31.6. The van der Waals surface area contributed by atoms with E-state index in [2.05, 4.69) is 26.0 Å². The van der Waals surface area contributed by atoms with Crippen molar-refractivity contribution < 1.29 is 32.7 Å². The Kier molecular flexibility index (Phi) is 8.27. The Bertz CT molecular complexity index is 2010. The highest BCUT2D eigenvalue weighted by molar-refractivity contribution is 9.10. The van der Waals surface area contributed by atoms with Gasteiger partial charge in [0.1, 0.15) is 6.61 Å². The van der Waals surface area contributed by atoms with Crippen molar-refractivity contribution in [1.82, 2.24) is 9.66 Å². The molecule has 0 atom stereocenters. The molecule has 0 amide bonds. The number of nitrogens with zero attached hydrogens (tertiary/aromatic N) is 4. The largest absolute Gasteiger partial charge is 0.481 e. The standard InChI is InChI=1S/C30H18BrF3N4O6/c31-23-12-18(13-25(38(42)43)26(23)44-16-17-8-10-19(11-9-17)29(40)41)15-35-37-27(20-4-3-5-21(14-20)30(32,33)34)36-24-7-2-1-6-22(24)28(37)39/h1-15H,16H2,(H,40,41). The predicted molar refractivity (Wildman–Crippen MR) is 158 cm³/mol. The molecular formula is C30H18BrF3N4O6. The van der Waals surface area contributed by atoms with Crippen LogP contribution in [0.15, 0.2) is 99.3 Å². The van der Waals surface area contributed by atoms with Crippen molar-refractivity contribution in [3.63, 3.8) is 0 Å². The second kappa shape index (κ2) is 12.1. The van der Waals surface area contributed by atoms with Crippen LogP contribution in [0.25, 0.3) is 22.3 Å². The second-order valence-electron chi connectivity index (χ2n) is 9.29. The van der Waals surface area contributed by atoms with Crippen molar-refractivity contribution in [3.8, 4) is 17.1 Å². The lowest BCUT2D eigenvalue weighted by molar-refractivity contribution is -0.386. The Morgan fingerprint density at radius 3 is 2.48 bits per heavy atom. The fraction of sp³-hybridized carbons (Fsp3) is 0.0667. The smallest absolute Gasteiger partial charge is 0.416 e. The first kappa shape index (κ1) is 30.1. The zero-order valence-corrected chi connectivity index (χ0v) is 23.7. The average Bonchev–Trinajstić information content (AvgIpc) is 2.99. The van der Waals surface area contributed by atoms with Gasteiger partial charge < -0.3 is 9.84 Å². The van der Waals surface area contributed by atoms with Crippen LogP contribution < -0.4 is 10.3 Å². The first-order valence-corrected chi connectivity index (χ1v) is 13.4. The summed E-state index contributed by atoms with van der Waals surface area (Å²) in [6.07, 6.45) is -3.50. The van der Waals surface area contributed by atoms with Crippen molar-refractivity contribution in [2.75, 3.05) is 0 Å². The maximum absolute atomic E-state index is 13.4. The number of hydrogen-bond donors (Lipinski definition) is 1. The van der Waals surface area contributed by atoms with Gasteiger partial charge in [-0.15, -0.1) is 0 Å². The maximum Gasteiger partial charge on any atom is 0.416 e. The number of carboxylic acids is 1. The lowest BCUT2D eigenvalue weighted by Crippen LogP contribution is -2.20. The minimum atomic E-state index is -4.64. The number of benzene rings is 4. The van der Waals surface area contributed by atoms with Gasteiger partial charge in [-0.2, -0.15) is 22.9 Å². The summed E-state index contributed by atoms with van der Waals surface area (Å²) in [4.78, 5) is 40.1. The van der Waals surface area contributed by atoms with Gasteiger partial charge >= 0.3 is 17.8 Å². The van der Waals surface area contributed by atoms with E-state index in [9.17, 15) is 32.9 Å². The molecule has 1 heterocycles. The summed E-state index contributed by atoms with van der Waals surface area (Å²) >= 11 is 3.27. The van der Waals surface area contributed by atoms with E-state index in [1.54, 1.807) is 18.2 Å². The molecule has 0 aliphatic rings. The highest BCUT2D eigenvalue weighted by Crippen LogP contribution is 2.37. The molecule has 222 valence electrons. The summed E-state index contributed by atoms with van der Waals surface area (Å²) in [5.41, 5.74) is -1.03. The molecule has 4 aromatic carbocycles. The summed E-state index contributed by atoms with van der Waals surface area (Å²) in [6, 6.07) is 18.9. The molecule has 14 heteroatoms. The van der Waals surface area contributed by atoms with Crippen LogP contribution >= 0.6 is 15.9 Å². The summed E-state index contributed by atoms with van der Waals surface area (Å²) in [5.74, 6) is -1.38. The van der Waals surface area contributed by atoms with Crippen molar-refractivity contribution in [2.24, 2.45) is 5.10 Å². The van der Waals surface area contributed by atoms with Crippen LogP contribution in [0, 0.1) is 10.1 Å². The summed E-state index contributed by atoms with van der Waals surface area (Å²) in [7, 11) is 0. The van der Waals surface area contributed by atoms with Gasteiger partial charge in [0.2, 0.25) is 5.75 Å². The Morgan fingerprint density at radius 2 is 1.80 bits per heavy atom. The number of nitro groups is 1. The van der Waals surface area contributed by atoms with Gasteiger partial charge in [-0.3, -0.25) is 14.9 Å². The minimum Gasteiger partial charge on any atom is -0.481 e. The van der Waals surface area contributed by atoms with Gasteiger partial charge in [0.05, 0.1) is 37.6 Å². The number of aromatic carboxylic acids is 1. The van der Waals surface area contributed by atoms with E-state index >= 15 is 0 Å². The molecule has 0 saturated carbocycles. The van der Waals surface area contributed by atoms with Crippen LogP contribution in [0.1, 0.15) is 27.0 Å². The number of aromatic nitrogens is 2. The molecule has 1 aromatic heterocycles. The van der Waals surface area contributed by atoms with E-state index in [4.69, 9.17) is 9.84 Å². The quantitative estimate of drug-likeness (QED) is 0.108. The van der Waals surface area contributed by atoms with Gasteiger partial charge in [-0.1, -0.05) is 36.4 Å². The Balaban J connectivity index is 1.54. The van der Waals surface area contributed by atoms with E-state index in [1.807, 2.05) is 0 Å². The number of ether oxygens (including phenoxy) is 1. The van der Waals surface area contributed by atoms with Gasteiger partial charge in [0.25, 0.3) is 5.56 Å². The highest BCUT2D eigenvalue weighted by Gasteiger charge is 2.31. The van der Waals surface area contributed by atoms with Gasteiger partial charge in [0.15, 0.2) is 5.82 Å². The van der Waals surface area contributed by atoms with Crippen LogP contribution in [0.4, 0.5) is 18.9 Å². The third kappa shape index (κ3) is 6.34. The van der Waals surface area contributed by atoms with Crippen LogP contribution in [0.5, 0.6) is 5.75 Å². The molecule has 5 rings (SSSR count). The van der Waals surface area contributed by atoms with Gasteiger partial charge in [-0.25, -0.2) is 9.78 Å². The number of fused-ring (bicyclic) bond motifs is 1. The number of hydrogen-bond acceptors (Lipinski definition) is 7. The van der Waals surface area contributed by atoms with Crippen molar-refractivity contribution in [3.05, 3.63) is 132 Å². The van der Waals surface area contributed by atoms with Crippen molar-refractivity contribution in [2.45, 2.75) is 12.8 Å². The summed E-state index contributed by atoms with van der Waals surface area (Å²) < 4.78 is 47.0. The molecule has 0 bridgehead atoms. The Morgan fingerprint density at radius 1 is 1.07 bits per heavy atom. The fourth-order valence-electron chi connectivity index (χ4n) is 4.23. The minimum absolute atomic E-state index is 0.0212. The van der Waals surface area contributed by atoms with Crippen LogP contribution in [0.2, 0.25) is 0 Å². The number of rotatable bonds is 8. The van der Waals surface area contributed by atoms with E-state index in [1.165, 1.54) is 48.5 Å². The normalized spacial score (nSPS) is 11.6. The van der Waals surface area contributed by atoms with Gasteiger partial charge in [0, 0.05) is 17.2 Å². The first-order chi connectivity index (χ1) is 20.9. The lowest BCUT2D eigenvalue weighted by Gasteiger charge is -2.12. The fourth-order valence-corrected chi connectivity index (χ4v) is 4.81. The summed E-state index contributed by atoms with van der Waals surface area (Å²) in [5, 5.41) is 25.3. The summed E-state index contributed by atoms with van der Waals surface area (Å²) in [6.45, 7) is -0.106. The third-order valence-electron chi connectivity index (χ3n) is 6.35. The molecule has 5 aromatic rings. The molecule has 0 aliphatic carbocycles. The molecule has 44 heavy (non-hydrogen) atoms. The number of nitro benzene ring substituents is 1. The Hall–Kier alpha value is -5.37. The molecule has 0 radical (unpaired) electrons. The zero-order valence-electron chi connectivity index (χ0n) is 22.2. The van der Waals surface area contributed by atoms with Crippen LogP contribution in [-0.2, 0) is 12.8 Å². The first-order valence-electron chi connectivity index (χ1n) is 12.6. The molecule has 0 aliphatic heterocycles. The number of alkyl halides is 3. The number of para-hydroxylation sites is 1. The molecule has 0 spiro atoms. The second-order valence-corrected chi connectivity index (χ2v) is 10.1. The van der Waals surface area contributed by atoms with Crippen LogP contribution in [0.3, 0.4) is 0 Å². The lowest BCUT2D eigenvalue weighted by atomic mass is 10.1. The topological polar surface area (TPSA) is 137 Å². The molecular weight excluding hydrogens is 649 g/mol. The third-order valence-corrected chi connectivity index (χ3v) is 6.94. The van der Waals surface area contributed by atoms with E-state index in [0.29, 0.717) is 5.56 Å². The average molecular weight is 667 g/mol. The highest BCUT2D eigenvalue weighted by atomic mass is 79.9. The van der Waals surface area contributed by atoms with E-state index < -0.39 is 33.9 Å². The van der Waals surface area contributed by atoms with Crippen molar-refractivity contribution >= 4 is 44.7 Å². The monoisotopic (exact) mass is 666 g/mol. The molecule has 0 fully saturated rings.